The Morgan fingerprint density at radius 2 is 1.12 bits per heavy atom. The minimum atomic E-state index is -1.19. The maximum absolute atomic E-state index is 10.1. The van der Waals surface area contributed by atoms with Crippen molar-refractivity contribution in [1.29, 1.82) is 0 Å². The van der Waals surface area contributed by atoms with E-state index in [4.69, 9.17) is 0 Å². The molecule has 0 unspecified atom stereocenters. The third-order valence-corrected chi connectivity index (χ3v) is 3.34. The summed E-state index contributed by atoms with van der Waals surface area (Å²) in [4.78, 5) is 10.1. The number of hydrogen-bond donors (Lipinski definition) is 0. The second-order valence-electron chi connectivity index (χ2n) is 5.56. The van der Waals surface area contributed by atoms with E-state index in [2.05, 4.69) is 19.1 Å². The van der Waals surface area contributed by atoms with Crippen LogP contribution >= 0.6 is 0 Å². The molecule has 0 fully saturated rings. The van der Waals surface area contributed by atoms with E-state index < -0.39 is 5.97 Å². The number of carboxylic acid groups (broad SMARTS) is 1. The molecule has 25 heavy (non-hydrogen) atoms. The maximum atomic E-state index is 10.1. The van der Waals surface area contributed by atoms with Crippen molar-refractivity contribution >= 4 is 5.97 Å². The molecule has 0 aliphatic heterocycles. The van der Waals surface area contributed by atoms with Crippen LogP contribution < -0.4 is 56.5 Å². The first-order valence-corrected chi connectivity index (χ1v) is 8.98. The van der Waals surface area contributed by atoms with Gasteiger partial charge in [0.1, 0.15) is 0 Å². The Bertz CT molecular complexity index is 468. The topological polar surface area (TPSA) is 40.1 Å². The molecular weight excluding hydrogens is 335 g/mol. The maximum Gasteiger partial charge on any atom is 1.00 e. The van der Waals surface area contributed by atoms with Gasteiger partial charge in [-0.2, -0.15) is 0 Å². The predicted octanol–water partition coefficient (Wildman–Crippen LogP) is 2.22. The van der Waals surface area contributed by atoms with E-state index >= 15 is 0 Å². The summed E-state index contributed by atoms with van der Waals surface area (Å²) >= 11 is 0. The van der Waals surface area contributed by atoms with Crippen LogP contribution in [0.5, 0.6) is 0 Å². The average Bonchev–Trinajstić information content (AvgIpc) is 2.56. The number of allylic oxidation sites excluding steroid dienone is 11. The molecule has 0 radical (unpaired) electrons. The van der Waals surface area contributed by atoms with Gasteiger partial charge in [-0.05, 0) is 18.9 Å². The number of unbranched alkanes of at least 4 members (excludes halogenated alkanes) is 7. The van der Waals surface area contributed by atoms with E-state index in [0.717, 1.165) is 12.5 Å². The van der Waals surface area contributed by atoms with Gasteiger partial charge in [0.15, 0.2) is 0 Å². The SMILES string of the molecule is CCCCCCCCCC=CC=CC=CC=CC=CC=CC(=O)[O-].[K+]. The largest absolute Gasteiger partial charge is 1.00 e. The second kappa shape index (κ2) is 23.5. The molecule has 0 N–H and O–H groups in total. The first kappa shape index (κ1) is 26.8. The van der Waals surface area contributed by atoms with Crippen LogP contribution in [0.3, 0.4) is 0 Å². The van der Waals surface area contributed by atoms with Gasteiger partial charge in [0.25, 0.3) is 0 Å². The molecule has 0 aromatic carbocycles. The van der Waals surface area contributed by atoms with Crippen molar-refractivity contribution in [3.05, 3.63) is 72.9 Å². The van der Waals surface area contributed by atoms with Crippen molar-refractivity contribution < 1.29 is 61.3 Å². The first-order chi connectivity index (χ1) is 11.8. The number of carbonyl (C=O) groups is 1. The standard InChI is InChI=1S/C22H32O2.K/c1-2-3-4-5-6-7-8-9-10-11-12-13-14-15-16-17-18-19-20-21-22(23)24;/h10-21H,2-9H2,1H3,(H,23,24);/q;+1/p-1. The fraction of sp³-hybridized carbons (Fsp3) is 0.409. The number of hydrogen-bond acceptors (Lipinski definition) is 2. The molecule has 0 aliphatic carbocycles. The summed E-state index contributed by atoms with van der Waals surface area (Å²) < 4.78 is 0. The Morgan fingerprint density at radius 3 is 1.64 bits per heavy atom. The minimum Gasteiger partial charge on any atom is -0.545 e. The van der Waals surface area contributed by atoms with Gasteiger partial charge in [0.05, 0.1) is 5.97 Å². The third kappa shape index (κ3) is 25.9. The first-order valence-electron chi connectivity index (χ1n) is 8.98. The molecule has 3 heteroatoms. The summed E-state index contributed by atoms with van der Waals surface area (Å²) in [5, 5.41) is 10.1. The summed E-state index contributed by atoms with van der Waals surface area (Å²) in [6.07, 6.45) is 32.4. The van der Waals surface area contributed by atoms with Crippen LogP contribution in [-0.4, -0.2) is 5.97 Å². The Morgan fingerprint density at radius 1 is 0.680 bits per heavy atom. The molecule has 0 rings (SSSR count). The molecule has 0 heterocycles. The van der Waals surface area contributed by atoms with Crippen molar-refractivity contribution in [3.8, 4) is 0 Å². The van der Waals surface area contributed by atoms with Crippen LogP contribution in [0.2, 0.25) is 0 Å². The van der Waals surface area contributed by atoms with Crippen LogP contribution in [-0.2, 0) is 4.79 Å². The molecule has 0 aliphatic rings. The second-order valence-corrected chi connectivity index (χ2v) is 5.56. The quantitative estimate of drug-likeness (QED) is 0.205. The van der Waals surface area contributed by atoms with E-state index in [0.29, 0.717) is 0 Å². The normalized spacial score (nSPS) is 12.5. The average molecular weight is 367 g/mol. The zero-order valence-corrected chi connectivity index (χ0v) is 19.0. The van der Waals surface area contributed by atoms with Gasteiger partial charge in [-0.25, -0.2) is 0 Å². The van der Waals surface area contributed by atoms with Gasteiger partial charge in [-0.15, -0.1) is 0 Å². The van der Waals surface area contributed by atoms with E-state index in [1.54, 1.807) is 12.2 Å². The van der Waals surface area contributed by atoms with Gasteiger partial charge >= 0.3 is 51.4 Å². The summed E-state index contributed by atoms with van der Waals surface area (Å²) in [7, 11) is 0. The van der Waals surface area contributed by atoms with Crippen LogP contribution in [0.4, 0.5) is 0 Å². The molecule has 0 amide bonds. The van der Waals surface area contributed by atoms with Crippen molar-refractivity contribution in [3.63, 3.8) is 0 Å². The van der Waals surface area contributed by atoms with E-state index in [1.807, 2.05) is 36.5 Å². The van der Waals surface area contributed by atoms with Crippen LogP contribution in [0.25, 0.3) is 0 Å². The van der Waals surface area contributed by atoms with Crippen LogP contribution in [0, 0.1) is 0 Å². The monoisotopic (exact) mass is 366 g/mol. The Balaban J connectivity index is 0. The van der Waals surface area contributed by atoms with Gasteiger partial charge in [0.2, 0.25) is 0 Å². The minimum absolute atomic E-state index is 0. The Hall–Kier alpha value is -0.454. The zero-order valence-electron chi connectivity index (χ0n) is 15.9. The molecule has 132 valence electrons. The van der Waals surface area contributed by atoms with Crippen molar-refractivity contribution in [2.24, 2.45) is 0 Å². The van der Waals surface area contributed by atoms with Crippen molar-refractivity contribution in [2.45, 2.75) is 58.3 Å². The summed E-state index contributed by atoms with van der Waals surface area (Å²) in [5.74, 6) is -1.19. The van der Waals surface area contributed by atoms with E-state index in [9.17, 15) is 9.90 Å². The number of carboxylic acids is 1. The fourth-order valence-electron chi connectivity index (χ4n) is 2.04. The van der Waals surface area contributed by atoms with E-state index in [-0.39, 0.29) is 51.4 Å². The molecule has 0 bridgehead atoms. The van der Waals surface area contributed by atoms with Gasteiger partial charge < -0.3 is 9.90 Å². The molecule has 2 nitrogen and oxygen atoms in total. The predicted molar refractivity (Wildman–Crippen MR) is 102 cm³/mol. The smallest absolute Gasteiger partial charge is 0.545 e. The molecule has 0 aromatic heterocycles. The summed E-state index contributed by atoms with van der Waals surface area (Å²) in [5.41, 5.74) is 0. The van der Waals surface area contributed by atoms with E-state index in [1.165, 1.54) is 51.0 Å². The Kier molecular flexibility index (Phi) is 25.2. The molecule has 0 atom stereocenters. The zero-order chi connectivity index (χ0) is 17.7. The number of carbonyl (C=O) groups excluding carboxylic acids is 1. The Labute approximate surface area is 196 Å². The summed E-state index contributed by atoms with van der Waals surface area (Å²) in [6.45, 7) is 2.25. The number of aliphatic carboxylic acids is 1. The van der Waals surface area contributed by atoms with Gasteiger partial charge in [-0.3, -0.25) is 0 Å². The molecule has 0 aromatic rings. The molecule has 0 saturated heterocycles. The fourth-order valence-corrected chi connectivity index (χ4v) is 2.04. The van der Waals surface area contributed by atoms with Crippen LogP contribution in [0.15, 0.2) is 72.9 Å². The van der Waals surface area contributed by atoms with Crippen molar-refractivity contribution in [1.82, 2.24) is 0 Å². The number of rotatable bonds is 14. The molecular formula is C22H31KO2. The van der Waals surface area contributed by atoms with Crippen LogP contribution in [0.1, 0.15) is 58.3 Å². The summed E-state index contributed by atoms with van der Waals surface area (Å²) in [6, 6.07) is 0. The van der Waals surface area contributed by atoms with Gasteiger partial charge in [-0.1, -0.05) is 112 Å². The van der Waals surface area contributed by atoms with Gasteiger partial charge in [0, 0.05) is 0 Å². The van der Waals surface area contributed by atoms with Crippen molar-refractivity contribution in [2.75, 3.05) is 0 Å². The molecule has 0 saturated carbocycles. The third-order valence-electron chi connectivity index (χ3n) is 3.34. The molecule has 0 spiro atoms.